The molecule has 1 aromatic carbocycles. The Labute approximate surface area is 109 Å². The lowest BCUT2D eigenvalue weighted by Gasteiger charge is -2.02. The van der Waals surface area contributed by atoms with Crippen LogP contribution < -0.4 is 5.32 Å². The number of nitrogens with zero attached hydrogens (tertiary/aromatic N) is 3. The van der Waals surface area contributed by atoms with E-state index >= 15 is 0 Å². The Morgan fingerprint density at radius 1 is 1.37 bits per heavy atom. The van der Waals surface area contributed by atoms with Crippen LogP contribution in [0.3, 0.4) is 0 Å². The molecule has 2 aromatic heterocycles. The average molecular weight is 255 g/mol. The third-order valence-electron chi connectivity index (χ3n) is 2.96. The molecule has 1 amide bonds. The van der Waals surface area contributed by atoms with Crippen LogP contribution in [-0.2, 0) is 7.05 Å². The third kappa shape index (κ3) is 2.08. The van der Waals surface area contributed by atoms with Crippen LogP contribution in [0.25, 0.3) is 10.9 Å². The number of aryl methyl sites for hydroxylation is 2. The molecular formula is C13H13N5O. The number of hydrogen-bond donors (Lipinski definition) is 2. The Morgan fingerprint density at radius 3 is 2.95 bits per heavy atom. The molecule has 6 heteroatoms. The minimum absolute atomic E-state index is 0.186. The summed E-state index contributed by atoms with van der Waals surface area (Å²) >= 11 is 0. The highest BCUT2D eigenvalue weighted by atomic mass is 16.1. The van der Waals surface area contributed by atoms with Crippen molar-refractivity contribution in [3.05, 3.63) is 41.7 Å². The quantitative estimate of drug-likeness (QED) is 0.733. The Morgan fingerprint density at radius 2 is 2.21 bits per heavy atom. The molecule has 0 bridgehead atoms. The van der Waals surface area contributed by atoms with E-state index in [2.05, 4.69) is 20.6 Å². The Balaban J connectivity index is 1.90. The van der Waals surface area contributed by atoms with Crippen molar-refractivity contribution in [3.63, 3.8) is 0 Å². The molecule has 0 spiro atoms. The SMILES string of the molecule is Cc1cc(NC(=O)c2ccc3cnn(C)c3c2)n[nH]1. The van der Waals surface area contributed by atoms with E-state index < -0.39 is 0 Å². The maximum Gasteiger partial charge on any atom is 0.256 e. The molecule has 0 aliphatic carbocycles. The molecule has 2 heterocycles. The van der Waals surface area contributed by atoms with Gasteiger partial charge in [0.15, 0.2) is 5.82 Å². The number of aromatic nitrogens is 4. The summed E-state index contributed by atoms with van der Waals surface area (Å²) in [7, 11) is 1.85. The van der Waals surface area contributed by atoms with Gasteiger partial charge in [0.2, 0.25) is 0 Å². The molecule has 0 fully saturated rings. The fourth-order valence-corrected chi connectivity index (χ4v) is 1.96. The predicted octanol–water partition coefficient (Wildman–Crippen LogP) is 1.86. The topological polar surface area (TPSA) is 75.6 Å². The van der Waals surface area contributed by atoms with E-state index in [1.54, 1.807) is 23.0 Å². The van der Waals surface area contributed by atoms with E-state index in [0.717, 1.165) is 16.6 Å². The number of amides is 1. The van der Waals surface area contributed by atoms with Gasteiger partial charge in [-0.2, -0.15) is 10.2 Å². The van der Waals surface area contributed by atoms with Gasteiger partial charge in [0, 0.05) is 29.8 Å². The second-order valence-electron chi connectivity index (χ2n) is 4.43. The van der Waals surface area contributed by atoms with Crippen LogP contribution in [0.2, 0.25) is 0 Å². The first-order valence-electron chi connectivity index (χ1n) is 5.88. The van der Waals surface area contributed by atoms with Gasteiger partial charge in [-0.15, -0.1) is 0 Å². The fourth-order valence-electron chi connectivity index (χ4n) is 1.96. The first kappa shape index (κ1) is 11.5. The highest BCUT2D eigenvalue weighted by Gasteiger charge is 2.10. The highest BCUT2D eigenvalue weighted by Crippen LogP contribution is 2.16. The number of fused-ring (bicyclic) bond motifs is 1. The van der Waals surface area contributed by atoms with Gasteiger partial charge < -0.3 is 5.32 Å². The summed E-state index contributed by atoms with van der Waals surface area (Å²) in [6.45, 7) is 1.88. The zero-order chi connectivity index (χ0) is 13.4. The Bertz CT molecular complexity index is 755. The molecule has 0 aliphatic heterocycles. The van der Waals surface area contributed by atoms with Crippen molar-refractivity contribution in [3.8, 4) is 0 Å². The zero-order valence-corrected chi connectivity index (χ0v) is 10.6. The second kappa shape index (κ2) is 4.24. The van der Waals surface area contributed by atoms with Gasteiger partial charge in [-0.05, 0) is 19.1 Å². The van der Waals surface area contributed by atoms with Crippen molar-refractivity contribution in [1.29, 1.82) is 0 Å². The Hall–Kier alpha value is -2.63. The molecule has 19 heavy (non-hydrogen) atoms. The lowest BCUT2D eigenvalue weighted by molar-refractivity contribution is 0.102. The number of benzene rings is 1. The maximum absolute atomic E-state index is 12.1. The molecule has 0 aliphatic rings. The molecule has 0 saturated heterocycles. The van der Waals surface area contributed by atoms with Crippen LogP contribution in [0.5, 0.6) is 0 Å². The number of anilines is 1. The largest absolute Gasteiger partial charge is 0.305 e. The van der Waals surface area contributed by atoms with Gasteiger partial charge in [0.1, 0.15) is 0 Å². The number of carbonyl (C=O) groups is 1. The number of carbonyl (C=O) groups excluding carboxylic acids is 1. The van der Waals surface area contributed by atoms with Gasteiger partial charge in [-0.1, -0.05) is 6.07 Å². The summed E-state index contributed by atoms with van der Waals surface area (Å²) in [6, 6.07) is 7.25. The molecule has 6 nitrogen and oxygen atoms in total. The molecule has 0 unspecified atom stereocenters. The molecule has 96 valence electrons. The number of rotatable bonds is 2. The number of nitrogens with one attached hydrogen (secondary N) is 2. The highest BCUT2D eigenvalue weighted by molar-refractivity contribution is 6.05. The van der Waals surface area contributed by atoms with E-state index in [9.17, 15) is 4.79 Å². The van der Waals surface area contributed by atoms with Crippen LogP contribution in [-0.4, -0.2) is 25.9 Å². The molecule has 0 saturated carbocycles. The van der Waals surface area contributed by atoms with E-state index in [-0.39, 0.29) is 5.91 Å². The van der Waals surface area contributed by atoms with Crippen molar-refractivity contribution in [1.82, 2.24) is 20.0 Å². The lowest BCUT2D eigenvalue weighted by atomic mass is 10.1. The summed E-state index contributed by atoms with van der Waals surface area (Å²) in [5.41, 5.74) is 2.40. The van der Waals surface area contributed by atoms with Crippen molar-refractivity contribution >= 4 is 22.6 Å². The van der Waals surface area contributed by atoms with Crippen molar-refractivity contribution in [2.24, 2.45) is 7.05 Å². The second-order valence-corrected chi connectivity index (χ2v) is 4.43. The standard InChI is InChI=1S/C13H13N5O/c1-8-5-12(17-16-8)15-13(19)9-3-4-10-7-14-18(2)11(10)6-9/h3-7H,1-2H3,(H2,15,16,17,19). The normalized spacial score (nSPS) is 10.8. The first-order chi connectivity index (χ1) is 9.13. The smallest absolute Gasteiger partial charge is 0.256 e. The van der Waals surface area contributed by atoms with Crippen LogP contribution in [0, 0.1) is 6.92 Å². The molecule has 0 atom stereocenters. The number of H-pyrrole nitrogens is 1. The van der Waals surface area contributed by atoms with Gasteiger partial charge in [-0.3, -0.25) is 14.6 Å². The zero-order valence-electron chi connectivity index (χ0n) is 10.6. The summed E-state index contributed by atoms with van der Waals surface area (Å²) in [4.78, 5) is 12.1. The van der Waals surface area contributed by atoms with E-state index in [1.807, 2.05) is 26.1 Å². The van der Waals surface area contributed by atoms with Crippen LogP contribution >= 0.6 is 0 Å². The van der Waals surface area contributed by atoms with E-state index in [0.29, 0.717) is 11.4 Å². The predicted molar refractivity (Wildman–Crippen MR) is 72.0 cm³/mol. The van der Waals surface area contributed by atoms with Crippen molar-refractivity contribution in [2.75, 3.05) is 5.32 Å². The molecule has 3 aromatic rings. The summed E-state index contributed by atoms with van der Waals surface area (Å²) in [5.74, 6) is 0.335. The van der Waals surface area contributed by atoms with Gasteiger partial charge >= 0.3 is 0 Å². The number of hydrogen-bond acceptors (Lipinski definition) is 3. The third-order valence-corrected chi connectivity index (χ3v) is 2.96. The fraction of sp³-hybridized carbons (Fsp3) is 0.154. The average Bonchev–Trinajstić information content (AvgIpc) is 2.96. The van der Waals surface area contributed by atoms with Crippen LogP contribution in [0.4, 0.5) is 5.82 Å². The molecule has 3 rings (SSSR count). The summed E-state index contributed by atoms with van der Waals surface area (Å²) in [5, 5.41) is 14.7. The Kier molecular flexibility index (Phi) is 2.56. The molecular weight excluding hydrogens is 242 g/mol. The van der Waals surface area contributed by atoms with Gasteiger partial charge in [0.05, 0.1) is 11.7 Å². The summed E-state index contributed by atoms with van der Waals surface area (Å²) in [6.07, 6.45) is 1.77. The van der Waals surface area contributed by atoms with Gasteiger partial charge in [-0.25, -0.2) is 0 Å². The molecule has 2 N–H and O–H groups in total. The van der Waals surface area contributed by atoms with E-state index in [4.69, 9.17) is 0 Å². The van der Waals surface area contributed by atoms with Gasteiger partial charge in [0.25, 0.3) is 5.91 Å². The van der Waals surface area contributed by atoms with Crippen molar-refractivity contribution < 1.29 is 4.79 Å². The molecule has 0 radical (unpaired) electrons. The lowest BCUT2D eigenvalue weighted by Crippen LogP contribution is -2.12. The first-order valence-corrected chi connectivity index (χ1v) is 5.88. The van der Waals surface area contributed by atoms with Crippen LogP contribution in [0.1, 0.15) is 16.1 Å². The van der Waals surface area contributed by atoms with E-state index in [1.165, 1.54) is 0 Å². The van der Waals surface area contributed by atoms with Crippen LogP contribution in [0.15, 0.2) is 30.5 Å². The monoisotopic (exact) mass is 255 g/mol. The maximum atomic E-state index is 12.1. The minimum Gasteiger partial charge on any atom is -0.305 e. The summed E-state index contributed by atoms with van der Waals surface area (Å²) < 4.78 is 1.74. The number of aromatic amines is 1. The van der Waals surface area contributed by atoms with Crippen molar-refractivity contribution in [2.45, 2.75) is 6.92 Å². The minimum atomic E-state index is -0.186.